The van der Waals surface area contributed by atoms with E-state index in [9.17, 15) is 8.42 Å². The first-order chi connectivity index (χ1) is 7.54. The third-order valence-electron chi connectivity index (χ3n) is 4.20. The van der Waals surface area contributed by atoms with Gasteiger partial charge in [0.25, 0.3) is 0 Å². The molecule has 2 rings (SSSR count). The van der Waals surface area contributed by atoms with Crippen molar-refractivity contribution in [2.75, 3.05) is 13.1 Å². The molecule has 1 aliphatic heterocycles. The molecule has 1 saturated heterocycles. The van der Waals surface area contributed by atoms with Crippen LogP contribution in [0.3, 0.4) is 0 Å². The molecule has 3 atom stereocenters. The van der Waals surface area contributed by atoms with Gasteiger partial charge in [0.2, 0.25) is 10.0 Å². The topological polar surface area (TPSA) is 63.4 Å². The molecule has 1 aliphatic carbocycles. The predicted octanol–water partition coefficient (Wildman–Crippen LogP) is 0.928. The van der Waals surface area contributed by atoms with E-state index < -0.39 is 10.0 Å². The van der Waals surface area contributed by atoms with E-state index in [1.807, 2.05) is 0 Å². The molecule has 2 aliphatic rings. The van der Waals surface area contributed by atoms with Crippen molar-refractivity contribution in [2.24, 2.45) is 11.1 Å². The van der Waals surface area contributed by atoms with Crippen LogP contribution in [0, 0.1) is 5.92 Å². The molecule has 0 spiro atoms. The monoisotopic (exact) mass is 246 g/mol. The summed E-state index contributed by atoms with van der Waals surface area (Å²) in [5.41, 5.74) is 0. The largest absolute Gasteiger partial charge is 0.299 e. The minimum Gasteiger partial charge on any atom is -0.299 e. The molecule has 16 heavy (non-hydrogen) atoms. The highest BCUT2D eigenvalue weighted by Gasteiger charge is 2.43. The maximum Gasteiger partial charge on any atom is 0.213 e. The normalized spacial score (nSPS) is 37.0. The number of likely N-dealkylation sites (tertiary alicyclic amines) is 1. The Morgan fingerprint density at radius 3 is 2.56 bits per heavy atom. The fourth-order valence-corrected chi connectivity index (χ4v) is 4.79. The molecule has 5 heteroatoms. The molecule has 94 valence electrons. The molecule has 0 bridgehead atoms. The lowest BCUT2D eigenvalue weighted by atomic mass is 9.78. The van der Waals surface area contributed by atoms with E-state index in [0.29, 0.717) is 5.92 Å². The fourth-order valence-electron chi connectivity index (χ4n) is 3.51. The van der Waals surface area contributed by atoms with Crippen LogP contribution >= 0.6 is 0 Å². The van der Waals surface area contributed by atoms with Crippen molar-refractivity contribution in [3.05, 3.63) is 0 Å². The summed E-state index contributed by atoms with van der Waals surface area (Å²) < 4.78 is 23.3. The second-order valence-corrected chi connectivity index (χ2v) is 6.86. The Bertz CT molecular complexity index is 333. The van der Waals surface area contributed by atoms with E-state index in [1.165, 1.54) is 19.3 Å². The van der Waals surface area contributed by atoms with Gasteiger partial charge in [-0.05, 0) is 44.7 Å². The zero-order valence-electron chi connectivity index (χ0n) is 9.93. The van der Waals surface area contributed by atoms with Crippen LogP contribution in [0.15, 0.2) is 0 Å². The summed E-state index contributed by atoms with van der Waals surface area (Å²) in [6.45, 7) is 4.08. The van der Waals surface area contributed by atoms with Crippen LogP contribution < -0.4 is 5.14 Å². The van der Waals surface area contributed by atoms with Crippen LogP contribution in [-0.4, -0.2) is 37.7 Å². The van der Waals surface area contributed by atoms with E-state index in [1.54, 1.807) is 0 Å². The van der Waals surface area contributed by atoms with Crippen molar-refractivity contribution in [3.8, 4) is 0 Å². The molecule has 0 aromatic carbocycles. The fraction of sp³-hybridized carbons (Fsp3) is 1.00. The number of nitrogens with zero attached hydrogens (tertiary/aromatic N) is 1. The van der Waals surface area contributed by atoms with Crippen molar-refractivity contribution in [2.45, 2.75) is 50.3 Å². The van der Waals surface area contributed by atoms with Gasteiger partial charge in [-0.25, -0.2) is 13.6 Å². The smallest absolute Gasteiger partial charge is 0.213 e. The van der Waals surface area contributed by atoms with Gasteiger partial charge in [0.1, 0.15) is 0 Å². The van der Waals surface area contributed by atoms with E-state index >= 15 is 0 Å². The number of rotatable bonds is 2. The predicted molar refractivity (Wildman–Crippen MR) is 64.5 cm³/mol. The Morgan fingerprint density at radius 1 is 1.25 bits per heavy atom. The number of hydrogen-bond acceptors (Lipinski definition) is 3. The summed E-state index contributed by atoms with van der Waals surface area (Å²) in [6.07, 6.45) is 5.31. The maximum atomic E-state index is 11.7. The summed E-state index contributed by atoms with van der Waals surface area (Å²) in [5, 5.41) is 5.05. The molecule has 0 amide bonds. The van der Waals surface area contributed by atoms with E-state index in [2.05, 4.69) is 11.8 Å². The van der Waals surface area contributed by atoms with Crippen LogP contribution in [0.5, 0.6) is 0 Å². The molecule has 4 nitrogen and oxygen atoms in total. The van der Waals surface area contributed by atoms with Crippen molar-refractivity contribution in [3.63, 3.8) is 0 Å². The lowest BCUT2D eigenvalue weighted by Gasteiger charge is -2.47. The van der Waals surface area contributed by atoms with Gasteiger partial charge in [0, 0.05) is 6.04 Å². The summed E-state index contributed by atoms with van der Waals surface area (Å²) in [7, 11) is -3.38. The second-order valence-electron chi connectivity index (χ2n) is 5.08. The van der Waals surface area contributed by atoms with Gasteiger partial charge in [0.05, 0.1) is 5.25 Å². The third kappa shape index (κ3) is 2.26. The first kappa shape index (κ1) is 12.3. The molecule has 0 unspecified atom stereocenters. The van der Waals surface area contributed by atoms with Gasteiger partial charge < -0.3 is 0 Å². The van der Waals surface area contributed by atoms with Gasteiger partial charge in [-0.15, -0.1) is 0 Å². The number of nitrogens with two attached hydrogens (primary N) is 1. The zero-order chi connectivity index (χ0) is 11.8. The summed E-state index contributed by atoms with van der Waals surface area (Å²) in [4.78, 5) is 2.32. The minimum atomic E-state index is -3.38. The van der Waals surface area contributed by atoms with Crippen molar-refractivity contribution >= 4 is 10.0 Å². The van der Waals surface area contributed by atoms with E-state index in [-0.39, 0.29) is 11.3 Å². The van der Waals surface area contributed by atoms with Crippen LogP contribution in [-0.2, 0) is 10.0 Å². The van der Waals surface area contributed by atoms with E-state index in [4.69, 9.17) is 5.14 Å². The van der Waals surface area contributed by atoms with Gasteiger partial charge >= 0.3 is 0 Å². The SMILES string of the molecule is CCN1CCC[C@@H]2CCC[C@H](S(N)(=O)=O)[C@@H]21. The minimum absolute atomic E-state index is 0.183. The summed E-state index contributed by atoms with van der Waals surface area (Å²) >= 11 is 0. The van der Waals surface area contributed by atoms with Gasteiger partial charge in [-0.1, -0.05) is 13.3 Å². The van der Waals surface area contributed by atoms with Crippen molar-refractivity contribution in [1.29, 1.82) is 0 Å². The average Bonchev–Trinajstić information content (AvgIpc) is 2.26. The van der Waals surface area contributed by atoms with Crippen LogP contribution in [0.25, 0.3) is 0 Å². The third-order valence-corrected chi connectivity index (χ3v) is 5.56. The maximum absolute atomic E-state index is 11.7. The Labute approximate surface area is 98.2 Å². The highest BCUT2D eigenvalue weighted by atomic mass is 32.2. The standard InChI is InChI=1S/C11H22N2O2S/c1-2-13-8-4-6-9-5-3-7-10(11(9)13)16(12,14)15/h9-11H,2-8H2,1H3,(H2,12,14,15)/t9-,10-,11+/m0/s1. The number of sulfonamides is 1. The first-order valence-corrected chi connectivity index (χ1v) is 7.90. The van der Waals surface area contributed by atoms with Crippen LogP contribution in [0.4, 0.5) is 0 Å². The average molecular weight is 246 g/mol. The van der Waals surface area contributed by atoms with Gasteiger partial charge in [-0.2, -0.15) is 0 Å². The molecule has 2 fully saturated rings. The molecule has 0 radical (unpaired) electrons. The molecule has 2 N–H and O–H groups in total. The lowest BCUT2D eigenvalue weighted by molar-refractivity contribution is 0.0683. The Balaban J connectivity index is 2.25. The number of primary sulfonamides is 1. The van der Waals surface area contributed by atoms with Gasteiger partial charge in [0.15, 0.2) is 0 Å². The lowest BCUT2D eigenvalue weighted by Crippen LogP contribution is -2.57. The molecule has 0 aromatic heterocycles. The molecule has 1 saturated carbocycles. The van der Waals surface area contributed by atoms with E-state index in [0.717, 1.165) is 25.9 Å². The molecular weight excluding hydrogens is 224 g/mol. The molecular formula is C11H22N2O2S. The molecule has 0 aromatic rings. The van der Waals surface area contributed by atoms with Crippen LogP contribution in [0.2, 0.25) is 0 Å². The number of hydrogen-bond donors (Lipinski definition) is 1. The van der Waals surface area contributed by atoms with Crippen LogP contribution in [0.1, 0.15) is 39.0 Å². The quantitative estimate of drug-likeness (QED) is 0.788. The second kappa shape index (κ2) is 4.63. The number of piperidine rings is 1. The first-order valence-electron chi connectivity index (χ1n) is 6.29. The number of fused-ring (bicyclic) bond motifs is 1. The zero-order valence-corrected chi connectivity index (χ0v) is 10.7. The van der Waals surface area contributed by atoms with Gasteiger partial charge in [-0.3, -0.25) is 4.90 Å². The Morgan fingerprint density at radius 2 is 1.94 bits per heavy atom. The highest BCUT2D eigenvalue weighted by Crippen LogP contribution is 2.37. The highest BCUT2D eigenvalue weighted by molar-refractivity contribution is 7.89. The van der Waals surface area contributed by atoms with Crippen molar-refractivity contribution < 1.29 is 8.42 Å². The Kier molecular flexibility index (Phi) is 3.56. The summed E-state index contributed by atoms with van der Waals surface area (Å²) in [6, 6.07) is 0.183. The Hall–Kier alpha value is -0.130. The molecule has 1 heterocycles. The van der Waals surface area contributed by atoms with Crippen molar-refractivity contribution in [1.82, 2.24) is 4.90 Å². The summed E-state index contributed by atoms with van der Waals surface area (Å²) in [5.74, 6) is 0.547.